The van der Waals surface area contributed by atoms with Crippen molar-refractivity contribution in [1.29, 1.82) is 0 Å². The summed E-state index contributed by atoms with van der Waals surface area (Å²) in [5, 5.41) is 13.9. The molecule has 6 heteroatoms. The summed E-state index contributed by atoms with van der Waals surface area (Å²) in [7, 11) is 0. The standard InChI is InChI=1S/C11H13FN2O3/c12-8-3-4-10(14(15)16)11(6-8)17-9-2-1-5-13-7-9/h3-4,6,9,13H,1-2,5,7H2/t9-/m1/s1. The van der Waals surface area contributed by atoms with Gasteiger partial charge in [0.1, 0.15) is 11.9 Å². The summed E-state index contributed by atoms with van der Waals surface area (Å²) in [4.78, 5) is 10.2. The number of piperidine rings is 1. The van der Waals surface area contributed by atoms with Crippen molar-refractivity contribution in [2.75, 3.05) is 13.1 Å². The molecule has 1 aromatic carbocycles. The number of benzene rings is 1. The van der Waals surface area contributed by atoms with E-state index >= 15 is 0 Å². The Balaban J connectivity index is 2.17. The first-order chi connectivity index (χ1) is 8.16. The second-order valence-electron chi connectivity index (χ2n) is 3.96. The Morgan fingerprint density at radius 2 is 2.35 bits per heavy atom. The van der Waals surface area contributed by atoms with Gasteiger partial charge in [0.15, 0.2) is 5.75 Å². The van der Waals surface area contributed by atoms with Crippen LogP contribution in [0.2, 0.25) is 0 Å². The molecule has 1 saturated heterocycles. The van der Waals surface area contributed by atoms with Crippen molar-refractivity contribution >= 4 is 5.69 Å². The summed E-state index contributed by atoms with van der Waals surface area (Å²) in [6.07, 6.45) is 1.64. The molecule has 17 heavy (non-hydrogen) atoms. The maximum atomic E-state index is 13.0. The van der Waals surface area contributed by atoms with Crippen LogP contribution in [-0.4, -0.2) is 24.1 Å². The topological polar surface area (TPSA) is 64.4 Å². The molecule has 0 bridgehead atoms. The van der Waals surface area contributed by atoms with Gasteiger partial charge in [-0.1, -0.05) is 0 Å². The minimum Gasteiger partial charge on any atom is -0.482 e. The van der Waals surface area contributed by atoms with E-state index in [1.807, 2.05) is 0 Å². The van der Waals surface area contributed by atoms with Crippen LogP contribution in [0.5, 0.6) is 5.75 Å². The zero-order valence-corrected chi connectivity index (χ0v) is 9.19. The number of nitrogens with zero attached hydrogens (tertiary/aromatic N) is 1. The number of rotatable bonds is 3. The lowest BCUT2D eigenvalue weighted by atomic mass is 10.1. The summed E-state index contributed by atoms with van der Waals surface area (Å²) in [6, 6.07) is 3.25. The second-order valence-corrected chi connectivity index (χ2v) is 3.96. The Labute approximate surface area is 97.7 Å². The van der Waals surface area contributed by atoms with E-state index in [1.54, 1.807) is 0 Å². The highest BCUT2D eigenvalue weighted by Crippen LogP contribution is 2.29. The zero-order chi connectivity index (χ0) is 12.3. The number of hydrogen-bond acceptors (Lipinski definition) is 4. The number of nitrogens with one attached hydrogen (secondary N) is 1. The van der Waals surface area contributed by atoms with Crippen LogP contribution in [-0.2, 0) is 0 Å². The van der Waals surface area contributed by atoms with Crippen LogP contribution in [0.4, 0.5) is 10.1 Å². The highest BCUT2D eigenvalue weighted by Gasteiger charge is 2.21. The Hall–Kier alpha value is -1.69. The normalized spacial score (nSPS) is 19.9. The van der Waals surface area contributed by atoms with Crippen LogP contribution in [0.1, 0.15) is 12.8 Å². The highest BCUT2D eigenvalue weighted by atomic mass is 19.1. The number of ether oxygens (including phenoxy) is 1. The molecule has 0 amide bonds. The molecule has 0 aliphatic carbocycles. The quantitative estimate of drug-likeness (QED) is 0.647. The predicted molar refractivity (Wildman–Crippen MR) is 59.6 cm³/mol. The molecule has 1 N–H and O–H groups in total. The lowest BCUT2D eigenvalue weighted by Gasteiger charge is -2.23. The van der Waals surface area contributed by atoms with Gasteiger partial charge in [0.25, 0.3) is 0 Å². The molecule has 1 aromatic rings. The molecule has 92 valence electrons. The molecule has 2 rings (SSSR count). The van der Waals surface area contributed by atoms with Gasteiger partial charge in [-0.15, -0.1) is 0 Å². The molecule has 0 aromatic heterocycles. The Morgan fingerprint density at radius 3 is 3.00 bits per heavy atom. The van der Waals surface area contributed by atoms with Gasteiger partial charge in [-0.2, -0.15) is 0 Å². The number of hydrogen-bond donors (Lipinski definition) is 1. The lowest BCUT2D eigenvalue weighted by molar-refractivity contribution is -0.386. The van der Waals surface area contributed by atoms with Crippen molar-refractivity contribution in [2.45, 2.75) is 18.9 Å². The fourth-order valence-electron chi connectivity index (χ4n) is 1.83. The highest BCUT2D eigenvalue weighted by molar-refractivity contribution is 5.46. The van der Waals surface area contributed by atoms with Crippen LogP contribution in [0.15, 0.2) is 18.2 Å². The molecular weight excluding hydrogens is 227 g/mol. The molecule has 0 spiro atoms. The number of halogens is 1. The first-order valence-electron chi connectivity index (χ1n) is 5.48. The first-order valence-corrected chi connectivity index (χ1v) is 5.48. The smallest absolute Gasteiger partial charge is 0.311 e. The Kier molecular flexibility index (Phi) is 3.53. The van der Waals surface area contributed by atoms with Gasteiger partial charge in [-0.3, -0.25) is 10.1 Å². The maximum absolute atomic E-state index is 13.0. The lowest BCUT2D eigenvalue weighted by Crippen LogP contribution is -2.37. The van der Waals surface area contributed by atoms with E-state index in [1.165, 1.54) is 0 Å². The van der Waals surface area contributed by atoms with Crippen LogP contribution < -0.4 is 10.1 Å². The third-order valence-corrected chi connectivity index (χ3v) is 2.66. The second kappa shape index (κ2) is 5.09. The van der Waals surface area contributed by atoms with Gasteiger partial charge < -0.3 is 10.1 Å². The molecule has 1 heterocycles. The van der Waals surface area contributed by atoms with E-state index in [-0.39, 0.29) is 17.5 Å². The zero-order valence-electron chi connectivity index (χ0n) is 9.19. The molecule has 0 radical (unpaired) electrons. The third-order valence-electron chi connectivity index (χ3n) is 2.66. The van der Waals surface area contributed by atoms with Crippen LogP contribution in [0, 0.1) is 15.9 Å². The van der Waals surface area contributed by atoms with E-state index in [0.29, 0.717) is 6.54 Å². The summed E-state index contributed by atoms with van der Waals surface area (Å²) in [5.74, 6) is -0.530. The summed E-state index contributed by atoms with van der Waals surface area (Å²) in [6.45, 7) is 1.55. The van der Waals surface area contributed by atoms with E-state index in [2.05, 4.69) is 5.32 Å². The largest absolute Gasteiger partial charge is 0.482 e. The predicted octanol–water partition coefficient (Wildman–Crippen LogP) is 1.86. The van der Waals surface area contributed by atoms with E-state index in [0.717, 1.165) is 37.6 Å². The van der Waals surface area contributed by atoms with Gasteiger partial charge in [0.2, 0.25) is 0 Å². The fourth-order valence-corrected chi connectivity index (χ4v) is 1.83. The van der Waals surface area contributed by atoms with E-state index < -0.39 is 10.7 Å². The molecule has 1 atom stereocenters. The van der Waals surface area contributed by atoms with Gasteiger partial charge >= 0.3 is 5.69 Å². The summed E-state index contributed by atoms with van der Waals surface area (Å²) < 4.78 is 18.5. The molecule has 0 unspecified atom stereocenters. The molecule has 0 saturated carbocycles. The monoisotopic (exact) mass is 240 g/mol. The van der Waals surface area contributed by atoms with Crippen molar-refractivity contribution < 1.29 is 14.1 Å². The van der Waals surface area contributed by atoms with Gasteiger partial charge in [0, 0.05) is 18.7 Å². The minimum absolute atomic E-state index is 0.00343. The van der Waals surface area contributed by atoms with Crippen LogP contribution in [0.25, 0.3) is 0 Å². The molecule has 5 nitrogen and oxygen atoms in total. The minimum atomic E-state index is -0.564. The van der Waals surface area contributed by atoms with Crippen molar-refractivity contribution in [3.63, 3.8) is 0 Å². The summed E-state index contributed by atoms with van der Waals surface area (Å²) in [5.41, 5.74) is -0.197. The van der Waals surface area contributed by atoms with Crippen molar-refractivity contribution in [3.05, 3.63) is 34.1 Å². The molecule has 1 fully saturated rings. The molecule has 1 aliphatic rings. The first kappa shape index (κ1) is 11.8. The number of nitro groups is 1. The average molecular weight is 240 g/mol. The Morgan fingerprint density at radius 1 is 1.53 bits per heavy atom. The summed E-state index contributed by atoms with van der Waals surface area (Å²) >= 11 is 0. The SMILES string of the molecule is O=[N+]([O-])c1ccc(F)cc1O[C@@H]1CCCNC1. The molecular formula is C11H13FN2O3. The van der Waals surface area contributed by atoms with E-state index in [9.17, 15) is 14.5 Å². The van der Waals surface area contributed by atoms with Crippen LogP contribution in [0.3, 0.4) is 0 Å². The van der Waals surface area contributed by atoms with Crippen LogP contribution >= 0.6 is 0 Å². The van der Waals surface area contributed by atoms with Gasteiger partial charge in [0.05, 0.1) is 4.92 Å². The van der Waals surface area contributed by atoms with Gasteiger partial charge in [-0.05, 0) is 25.5 Å². The van der Waals surface area contributed by atoms with Gasteiger partial charge in [-0.25, -0.2) is 4.39 Å². The maximum Gasteiger partial charge on any atom is 0.311 e. The third kappa shape index (κ3) is 2.91. The average Bonchev–Trinajstić information content (AvgIpc) is 2.30. The Bertz CT molecular complexity index is 419. The van der Waals surface area contributed by atoms with Crippen molar-refractivity contribution in [3.8, 4) is 5.75 Å². The van der Waals surface area contributed by atoms with Crippen molar-refractivity contribution in [1.82, 2.24) is 5.32 Å². The number of nitro benzene ring substituents is 1. The van der Waals surface area contributed by atoms with E-state index in [4.69, 9.17) is 4.74 Å². The van der Waals surface area contributed by atoms with Crippen molar-refractivity contribution in [2.24, 2.45) is 0 Å². The fraction of sp³-hybridized carbons (Fsp3) is 0.455. The molecule has 1 aliphatic heterocycles.